The molecule has 0 bridgehead atoms. The Morgan fingerprint density at radius 3 is 2.30 bits per heavy atom. The molecule has 0 aliphatic carbocycles. The van der Waals surface area contributed by atoms with E-state index in [9.17, 15) is 10.1 Å². The minimum Gasteiger partial charge on any atom is -0.486 e. The number of halogens is 3. The summed E-state index contributed by atoms with van der Waals surface area (Å²) in [6.45, 7) is 0.317. The largest absolute Gasteiger partial charge is 0.486 e. The Labute approximate surface area is 198 Å². The minimum atomic E-state index is -0.518. The summed E-state index contributed by atoms with van der Waals surface area (Å²) in [5.41, 5.74) is 2.03. The van der Waals surface area contributed by atoms with Crippen molar-refractivity contribution in [3.63, 3.8) is 0 Å². The van der Waals surface area contributed by atoms with Gasteiger partial charge in [-0.25, -0.2) is 0 Å². The lowest BCUT2D eigenvalue weighted by molar-refractivity contribution is -0.112. The van der Waals surface area contributed by atoms with Gasteiger partial charge in [0.05, 0.1) is 10.0 Å². The molecule has 0 aliphatic rings. The smallest absolute Gasteiger partial charge is 0.266 e. The second kappa shape index (κ2) is 10.5. The number of nitriles is 1. The van der Waals surface area contributed by atoms with Crippen molar-refractivity contribution in [3.8, 4) is 11.8 Å². The summed E-state index contributed by atoms with van der Waals surface area (Å²) in [7, 11) is 0. The highest BCUT2D eigenvalue weighted by atomic mass is 127. The number of hydrogen-bond donors (Lipinski definition) is 1. The molecule has 1 amide bonds. The van der Waals surface area contributed by atoms with E-state index in [1.165, 1.54) is 6.08 Å². The van der Waals surface area contributed by atoms with Gasteiger partial charge in [-0.15, -0.1) is 0 Å². The number of nitrogens with zero attached hydrogens (tertiary/aromatic N) is 1. The van der Waals surface area contributed by atoms with Crippen molar-refractivity contribution in [2.45, 2.75) is 6.61 Å². The number of ether oxygens (including phenoxy) is 1. The van der Waals surface area contributed by atoms with E-state index in [1.54, 1.807) is 24.3 Å². The fourth-order valence-electron chi connectivity index (χ4n) is 2.58. The first-order valence-electron chi connectivity index (χ1n) is 8.81. The van der Waals surface area contributed by atoms with Gasteiger partial charge in [-0.05, 0) is 76.2 Å². The topological polar surface area (TPSA) is 62.1 Å². The number of carbonyl (C=O) groups excluding carboxylic acids is 1. The van der Waals surface area contributed by atoms with E-state index in [2.05, 4.69) is 27.9 Å². The molecule has 3 rings (SSSR count). The Kier molecular flexibility index (Phi) is 7.75. The van der Waals surface area contributed by atoms with E-state index >= 15 is 0 Å². The molecule has 0 atom stereocenters. The van der Waals surface area contributed by atoms with Crippen molar-refractivity contribution in [1.29, 1.82) is 5.26 Å². The monoisotopic (exact) mass is 548 g/mol. The Morgan fingerprint density at radius 2 is 1.70 bits per heavy atom. The summed E-state index contributed by atoms with van der Waals surface area (Å²) in [5, 5.41) is 12.7. The Hall–Kier alpha value is -2.53. The maximum absolute atomic E-state index is 12.4. The van der Waals surface area contributed by atoms with Crippen molar-refractivity contribution in [2.24, 2.45) is 0 Å². The average Bonchev–Trinajstić information content (AvgIpc) is 2.73. The van der Waals surface area contributed by atoms with E-state index in [-0.39, 0.29) is 5.57 Å². The summed E-state index contributed by atoms with van der Waals surface area (Å²) in [6, 6.07) is 22.0. The predicted octanol–water partition coefficient (Wildman–Crippen LogP) is 6.72. The second-order valence-electron chi connectivity index (χ2n) is 6.22. The average molecular weight is 549 g/mol. The minimum absolute atomic E-state index is 0.0707. The van der Waals surface area contributed by atoms with Gasteiger partial charge in [0, 0.05) is 9.26 Å². The highest BCUT2D eigenvalue weighted by molar-refractivity contribution is 14.1. The number of benzene rings is 3. The maximum atomic E-state index is 12.4. The van der Waals surface area contributed by atoms with Crippen LogP contribution in [-0.2, 0) is 11.4 Å². The van der Waals surface area contributed by atoms with Crippen LogP contribution < -0.4 is 10.1 Å². The quantitative estimate of drug-likeness (QED) is 0.211. The molecule has 7 heteroatoms. The van der Waals surface area contributed by atoms with Crippen molar-refractivity contribution in [2.75, 3.05) is 5.32 Å². The summed E-state index contributed by atoms with van der Waals surface area (Å²) < 4.78 is 6.79. The molecule has 0 aliphatic heterocycles. The molecule has 4 nitrogen and oxygen atoms in total. The molecule has 0 spiro atoms. The van der Waals surface area contributed by atoms with E-state index in [0.717, 1.165) is 9.13 Å². The number of amides is 1. The SMILES string of the molecule is N#C/C(=C\c1cc(Cl)c(OCc2ccccc2)c(Cl)c1)C(=O)Nc1ccc(I)cc1. The molecule has 3 aromatic rings. The molecule has 0 fully saturated rings. The van der Waals surface area contributed by atoms with Crippen LogP contribution in [0.3, 0.4) is 0 Å². The van der Waals surface area contributed by atoms with E-state index in [0.29, 0.717) is 33.7 Å². The van der Waals surface area contributed by atoms with Crippen LogP contribution in [0.25, 0.3) is 6.08 Å². The fraction of sp³-hybridized carbons (Fsp3) is 0.0435. The standard InChI is InChI=1S/C23H15Cl2IN2O2/c24-20-11-16(12-21(25)22(20)30-14-15-4-2-1-3-5-15)10-17(13-27)23(29)28-19-8-6-18(26)7-9-19/h1-12H,14H2,(H,28,29)/b17-10+. The van der Waals surface area contributed by atoms with Gasteiger partial charge in [0.2, 0.25) is 0 Å². The molecular formula is C23H15Cl2IN2O2. The van der Waals surface area contributed by atoms with E-state index in [4.69, 9.17) is 27.9 Å². The van der Waals surface area contributed by atoms with Gasteiger partial charge >= 0.3 is 0 Å². The molecule has 3 aromatic carbocycles. The molecule has 0 heterocycles. The van der Waals surface area contributed by atoms with Crippen LogP contribution in [0.4, 0.5) is 5.69 Å². The Balaban J connectivity index is 1.76. The van der Waals surface area contributed by atoms with Crippen molar-refractivity contribution in [3.05, 3.63) is 97.0 Å². The van der Waals surface area contributed by atoms with Crippen LogP contribution in [0.15, 0.2) is 72.3 Å². The Morgan fingerprint density at radius 1 is 1.07 bits per heavy atom. The lowest BCUT2D eigenvalue weighted by Gasteiger charge is -2.11. The normalized spacial score (nSPS) is 10.9. The Bertz CT molecular complexity index is 1100. The second-order valence-corrected chi connectivity index (χ2v) is 8.28. The highest BCUT2D eigenvalue weighted by Gasteiger charge is 2.13. The zero-order valence-electron chi connectivity index (χ0n) is 15.5. The van der Waals surface area contributed by atoms with Crippen molar-refractivity contribution >= 4 is 63.5 Å². The van der Waals surface area contributed by atoms with Crippen LogP contribution >= 0.6 is 45.8 Å². The van der Waals surface area contributed by atoms with Crippen LogP contribution in [0.5, 0.6) is 5.75 Å². The third-order valence-corrected chi connectivity index (χ3v) is 5.31. The molecule has 1 N–H and O–H groups in total. The van der Waals surface area contributed by atoms with Crippen LogP contribution in [0, 0.1) is 14.9 Å². The molecule has 0 aromatic heterocycles. The summed E-state index contributed by atoms with van der Waals surface area (Å²) in [6.07, 6.45) is 1.43. The maximum Gasteiger partial charge on any atom is 0.266 e. The number of carbonyl (C=O) groups is 1. The van der Waals surface area contributed by atoms with Gasteiger partial charge in [-0.3, -0.25) is 4.79 Å². The number of hydrogen-bond acceptors (Lipinski definition) is 3. The zero-order valence-corrected chi connectivity index (χ0v) is 19.2. The third-order valence-electron chi connectivity index (χ3n) is 4.02. The first kappa shape index (κ1) is 22.2. The molecule has 0 radical (unpaired) electrons. The molecule has 0 saturated carbocycles. The van der Waals surface area contributed by atoms with Gasteiger partial charge in [0.15, 0.2) is 5.75 Å². The fourth-order valence-corrected chi connectivity index (χ4v) is 3.55. The predicted molar refractivity (Wildman–Crippen MR) is 129 cm³/mol. The highest BCUT2D eigenvalue weighted by Crippen LogP contribution is 2.35. The lowest BCUT2D eigenvalue weighted by Crippen LogP contribution is -2.13. The van der Waals surface area contributed by atoms with Crippen molar-refractivity contribution in [1.82, 2.24) is 0 Å². The van der Waals surface area contributed by atoms with Crippen LogP contribution in [-0.4, -0.2) is 5.91 Å². The van der Waals surface area contributed by atoms with Crippen LogP contribution in [0.1, 0.15) is 11.1 Å². The molecule has 0 saturated heterocycles. The lowest BCUT2D eigenvalue weighted by atomic mass is 10.1. The number of rotatable bonds is 6. The molecular weight excluding hydrogens is 534 g/mol. The van der Waals surface area contributed by atoms with Gasteiger partial charge in [0.1, 0.15) is 18.2 Å². The summed E-state index contributed by atoms with van der Waals surface area (Å²) >= 11 is 14.8. The van der Waals surface area contributed by atoms with Crippen molar-refractivity contribution < 1.29 is 9.53 Å². The van der Waals surface area contributed by atoms with E-state index in [1.807, 2.05) is 48.5 Å². The third kappa shape index (κ3) is 5.99. The van der Waals surface area contributed by atoms with Gasteiger partial charge in [0.25, 0.3) is 5.91 Å². The molecule has 30 heavy (non-hydrogen) atoms. The zero-order chi connectivity index (χ0) is 21.5. The van der Waals surface area contributed by atoms with Crippen LogP contribution in [0.2, 0.25) is 10.0 Å². The first-order valence-corrected chi connectivity index (χ1v) is 10.6. The van der Waals surface area contributed by atoms with Gasteiger partial charge < -0.3 is 10.1 Å². The molecule has 150 valence electrons. The van der Waals surface area contributed by atoms with Gasteiger partial charge in [-0.2, -0.15) is 5.26 Å². The number of anilines is 1. The summed E-state index contributed by atoms with van der Waals surface area (Å²) in [5.74, 6) is -0.170. The number of nitrogens with one attached hydrogen (secondary N) is 1. The van der Waals surface area contributed by atoms with Gasteiger partial charge in [-0.1, -0.05) is 53.5 Å². The van der Waals surface area contributed by atoms with E-state index < -0.39 is 5.91 Å². The molecule has 0 unspecified atom stereocenters. The first-order chi connectivity index (χ1) is 14.5. The summed E-state index contributed by atoms with van der Waals surface area (Å²) in [4.78, 5) is 12.4.